The van der Waals surface area contributed by atoms with E-state index in [1.54, 1.807) is 53.7 Å². The smallest absolute Gasteiger partial charge is 0.341 e. The maximum absolute atomic E-state index is 10.5. The minimum Gasteiger partial charge on any atom is -0.493 e. The van der Waals surface area contributed by atoms with Crippen LogP contribution in [0.4, 0.5) is 0 Å². The first-order valence-corrected chi connectivity index (χ1v) is 18.5. The Balaban J connectivity index is -0.000000741. The number of rotatable bonds is 19. The number of aliphatic carboxylic acids is 1. The first-order chi connectivity index (χ1) is 26.2. The minimum atomic E-state index is -0.978. The Hall–Kier alpha value is -4.77. The molecule has 0 saturated carbocycles. The lowest BCUT2D eigenvalue weighted by Crippen LogP contribution is -2.09. The Morgan fingerprint density at radius 1 is 0.685 bits per heavy atom. The molecule has 11 heteroatoms. The maximum Gasteiger partial charge on any atom is 0.341 e. The highest BCUT2D eigenvalue weighted by atomic mass is 16.5. The monoisotopic (exact) mass is 760 g/mol. The largest absolute Gasteiger partial charge is 0.493 e. The second-order valence-corrected chi connectivity index (χ2v) is 10.9. The zero-order valence-electron chi connectivity index (χ0n) is 34.9. The summed E-state index contributed by atoms with van der Waals surface area (Å²) < 4.78 is 31.2. The Bertz CT molecular complexity index is 1350. The highest BCUT2D eigenvalue weighted by Crippen LogP contribution is 2.38. The van der Waals surface area contributed by atoms with Crippen molar-refractivity contribution in [3.8, 4) is 34.5 Å². The third kappa shape index (κ3) is 23.7. The SMILES string of the molecule is CC.CC.CCCCCC(C)C=O.CO.COc1cc(CC=O)cc(OC)c1OC.COc1ccc(CCCc2cccc(OCC(=O)O)c2)cc1OC. The molecule has 0 heterocycles. The van der Waals surface area contributed by atoms with E-state index in [2.05, 4.69) is 6.92 Å². The fraction of sp³-hybridized carbons (Fsp3) is 0.512. The Labute approximate surface area is 324 Å². The van der Waals surface area contributed by atoms with Gasteiger partial charge in [0.15, 0.2) is 29.6 Å². The summed E-state index contributed by atoms with van der Waals surface area (Å²) in [5, 5.41) is 15.6. The van der Waals surface area contributed by atoms with E-state index >= 15 is 0 Å². The fourth-order valence-electron chi connectivity index (χ4n) is 4.60. The molecule has 0 fully saturated rings. The van der Waals surface area contributed by atoms with Gasteiger partial charge in [-0.15, -0.1) is 0 Å². The summed E-state index contributed by atoms with van der Waals surface area (Å²) in [4.78, 5) is 31.1. The van der Waals surface area contributed by atoms with Crippen molar-refractivity contribution in [1.29, 1.82) is 0 Å². The van der Waals surface area contributed by atoms with Crippen molar-refractivity contribution in [3.63, 3.8) is 0 Å². The summed E-state index contributed by atoms with van der Waals surface area (Å²) in [6.45, 7) is 11.8. The van der Waals surface area contributed by atoms with E-state index in [0.29, 0.717) is 29.4 Å². The Morgan fingerprint density at radius 2 is 1.22 bits per heavy atom. The molecule has 11 nitrogen and oxygen atoms in total. The number of carboxylic acids is 1. The van der Waals surface area contributed by atoms with Crippen molar-refractivity contribution in [2.24, 2.45) is 5.92 Å². The molecule has 0 aliphatic rings. The lowest BCUT2D eigenvalue weighted by atomic mass is 10.0. The fourth-order valence-corrected chi connectivity index (χ4v) is 4.60. The molecule has 306 valence electrons. The van der Waals surface area contributed by atoms with Gasteiger partial charge in [0.1, 0.15) is 18.3 Å². The van der Waals surface area contributed by atoms with E-state index in [4.69, 9.17) is 38.6 Å². The van der Waals surface area contributed by atoms with Crippen LogP contribution < -0.4 is 28.4 Å². The second kappa shape index (κ2) is 36.6. The molecule has 0 bridgehead atoms. The van der Waals surface area contributed by atoms with Crippen LogP contribution in [0.5, 0.6) is 34.5 Å². The Morgan fingerprint density at radius 3 is 1.69 bits per heavy atom. The van der Waals surface area contributed by atoms with Crippen molar-refractivity contribution in [2.75, 3.05) is 49.3 Å². The van der Waals surface area contributed by atoms with Crippen LogP contribution in [-0.4, -0.2) is 78.0 Å². The van der Waals surface area contributed by atoms with E-state index in [1.807, 2.05) is 71.0 Å². The summed E-state index contributed by atoms with van der Waals surface area (Å²) >= 11 is 0. The van der Waals surface area contributed by atoms with Gasteiger partial charge in [-0.05, 0) is 78.8 Å². The molecule has 0 amide bonds. The van der Waals surface area contributed by atoms with Crippen LogP contribution in [-0.2, 0) is 33.6 Å². The number of unbranched alkanes of at least 4 members (excludes halogenated alkanes) is 2. The van der Waals surface area contributed by atoms with Gasteiger partial charge >= 0.3 is 5.97 Å². The summed E-state index contributed by atoms with van der Waals surface area (Å²) in [6, 6.07) is 17.0. The predicted molar refractivity (Wildman–Crippen MR) is 217 cm³/mol. The van der Waals surface area contributed by atoms with Crippen LogP contribution in [0, 0.1) is 5.92 Å². The molecule has 1 atom stereocenters. The van der Waals surface area contributed by atoms with Gasteiger partial charge in [0, 0.05) is 19.4 Å². The number of aliphatic hydroxyl groups is 1. The predicted octanol–water partition coefficient (Wildman–Crippen LogP) is 8.86. The van der Waals surface area contributed by atoms with Gasteiger partial charge in [-0.1, -0.05) is 79.0 Å². The van der Waals surface area contributed by atoms with Crippen LogP contribution in [0.25, 0.3) is 0 Å². The highest BCUT2D eigenvalue weighted by molar-refractivity contribution is 5.68. The number of benzene rings is 3. The van der Waals surface area contributed by atoms with Gasteiger partial charge in [-0.25, -0.2) is 4.79 Å². The van der Waals surface area contributed by atoms with Crippen molar-refractivity contribution in [1.82, 2.24) is 0 Å². The van der Waals surface area contributed by atoms with Gasteiger partial charge in [-0.2, -0.15) is 0 Å². The number of carbonyl (C=O) groups excluding carboxylic acids is 2. The number of carboxylic acid groups (broad SMARTS) is 1. The van der Waals surface area contributed by atoms with Crippen molar-refractivity contribution in [3.05, 3.63) is 71.3 Å². The van der Waals surface area contributed by atoms with Crippen molar-refractivity contribution >= 4 is 18.5 Å². The maximum atomic E-state index is 10.5. The molecule has 0 spiro atoms. The number of aldehydes is 2. The third-order valence-electron chi connectivity index (χ3n) is 7.18. The topological polar surface area (TPSA) is 147 Å². The number of hydrogen-bond acceptors (Lipinski definition) is 10. The molecule has 1 unspecified atom stereocenters. The van der Waals surface area contributed by atoms with Crippen molar-refractivity contribution in [2.45, 2.75) is 92.9 Å². The molecule has 3 aromatic rings. The molecule has 0 aliphatic carbocycles. The van der Waals surface area contributed by atoms with Gasteiger partial charge in [0.25, 0.3) is 0 Å². The molecule has 0 aliphatic heterocycles. The molecule has 54 heavy (non-hydrogen) atoms. The zero-order chi connectivity index (χ0) is 41.7. The first kappa shape index (κ1) is 53.6. The van der Waals surface area contributed by atoms with E-state index < -0.39 is 5.97 Å². The minimum absolute atomic E-state index is 0.275. The number of methoxy groups -OCH3 is 5. The quantitative estimate of drug-likeness (QED) is 0.0892. The lowest BCUT2D eigenvalue weighted by Gasteiger charge is -2.13. The number of hydrogen-bond donors (Lipinski definition) is 2. The van der Waals surface area contributed by atoms with Crippen LogP contribution >= 0.6 is 0 Å². The summed E-state index contributed by atoms with van der Waals surface area (Å²) in [5.74, 6) is 3.01. The lowest BCUT2D eigenvalue weighted by molar-refractivity contribution is -0.139. The van der Waals surface area contributed by atoms with E-state index in [1.165, 1.54) is 24.8 Å². The van der Waals surface area contributed by atoms with Gasteiger partial charge in [0.2, 0.25) is 5.75 Å². The zero-order valence-corrected chi connectivity index (χ0v) is 34.9. The average Bonchev–Trinajstić information content (AvgIpc) is 3.22. The van der Waals surface area contributed by atoms with E-state index in [-0.39, 0.29) is 12.5 Å². The van der Waals surface area contributed by atoms with Gasteiger partial charge in [0.05, 0.1) is 35.5 Å². The molecule has 0 saturated heterocycles. The molecular formula is C43H68O11. The molecule has 2 N–H and O–H groups in total. The number of aliphatic hydroxyl groups excluding tert-OH is 1. The molecule has 0 aromatic heterocycles. The summed E-state index contributed by atoms with van der Waals surface area (Å²) in [6.07, 6.45) is 9.75. The van der Waals surface area contributed by atoms with Crippen LogP contribution in [0.2, 0.25) is 0 Å². The van der Waals surface area contributed by atoms with Crippen LogP contribution in [0.15, 0.2) is 54.6 Å². The first-order valence-electron chi connectivity index (χ1n) is 18.5. The van der Waals surface area contributed by atoms with Gasteiger partial charge in [-0.3, -0.25) is 0 Å². The van der Waals surface area contributed by atoms with E-state index in [9.17, 15) is 14.4 Å². The van der Waals surface area contributed by atoms with Crippen molar-refractivity contribution < 1.29 is 53.0 Å². The normalized spacial score (nSPS) is 9.72. The molecule has 0 radical (unpaired) electrons. The molecular weight excluding hydrogens is 692 g/mol. The summed E-state index contributed by atoms with van der Waals surface area (Å²) in [5.41, 5.74) is 3.14. The number of carbonyl (C=O) groups is 3. The standard InChI is InChI=1S/C19H22O5.C11H14O4.C8H16O.2C2H6.CH4O/c1-22-17-10-9-15(12-18(17)23-2)6-3-5-14-7-4-8-16(11-14)24-13-19(20)21;1-13-9-6-8(4-5-12)7-10(14-2)11(9)15-3;1-3-4-5-6-8(2)7-9;3*1-2/h4,7-12H,3,5-6,13H2,1-2H3,(H,20,21);5-7H,4H2,1-3H3;7-8H,3-6H2,1-2H3;2*1-2H3;2H,1H3. The van der Waals surface area contributed by atoms with Crippen LogP contribution in [0.1, 0.15) is 90.3 Å². The summed E-state index contributed by atoms with van der Waals surface area (Å²) in [7, 11) is 8.88. The average molecular weight is 761 g/mol. The molecule has 3 aromatic carbocycles. The number of ether oxygens (including phenoxy) is 6. The second-order valence-electron chi connectivity index (χ2n) is 10.9. The van der Waals surface area contributed by atoms with E-state index in [0.717, 1.165) is 68.0 Å². The van der Waals surface area contributed by atoms with Gasteiger partial charge < -0.3 is 48.2 Å². The third-order valence-corrected chi connectivity index (χ3v) is 7.18. The van der Waals surface area contributed by atoms with Crippen LogP contribution in [0.3, 0.4) is 0 Å². The Kier molecular flexibility index (Phi) is 36.3. The highest BCUT2D eigenvalue weighted by Gasteiger charge is 2.12. The number of aryl methyl sites for hydroxylation is 2. The molecule has 3 rings (SSSR count).